The highest BCUT2D eigenvalue weighted by Gasteiger charge is 2.35. The van der Waals surface area contributed by atoms with Gasteiger partial charge in [0, 0.05) is 31.2 Å². The molecule has 1 aliphatic heterocycles. The maximum Gasteiger partial charge on any atom is 0.128 e. The number of nitrogens with zero attached hydrogens (tertiary/aromatic N) is 2. The Bertz CT molecular complexity index is 464. The van der Waals surface area contributed by atoms with Gasteiger partial charge in [-0.25, -0.2) is 8.78 Å². The van der Waals surface area contributed by atoms with Crippen molar-refractivity contribution >= 4 is 0 Å². The Hall–Kier alpha value is -1.04. The highest BCUT2D eigenvalue weighted by Crippen LogP contribution is 2.30. The summed E-state index contributed by atoms with van der Waals surface area (Å²) in [6, 6.07) is 3.73. The molecular formula is C15H23F2N3. The second kappa shape index (κ2) is 6.16. The van der Waals surface area contributed by atoms with E-state index >= 15 is 0 Å². The average molecular weight is 283 g/mol. The molecule has 1 heterocycles. The van der Waals surface area contributed by atoms with Crippen LogP contribution in [0.3, 0.4) is 0 Å². The Morgan fingerprint density at radius 1 is 1.35 bits per heavy atom. The minimum atomic E-state index is -0.420. The predicted octanol–water partition coefficient (Wildman–Crippen LogP) is 1.85. The number of nitrogens with two attached hydrogens (primary N) is 1. The quantitative estimate of drug-likeness (QED) is 0.915. The van der Waals surface area contributed by atoms with E-state index in [0.717, 1.165) is 19.2 Å². The van der Waals surface area contributed by atoms with Gasteiger partial charge in [-0.3, -0.25) is 4.90 Å². The Labute approximate surface area is 119 Å². The normalized spacial score (nSPS) is 25.4. The van der Waals surface area contributed by atoms with Crippen LogP contribution in [0.2, 0.25) is 0 Å². The number of halogens is 2. The molecule has 0 spiro atoms. The van der Waals surface area contributed by atoms with Crippen LogP contribution < -0.4 is 5.73 Å². The minimum absolute atomic E-state index is 0.266. The number of likely N-dealkylation sites (N-methyl/N-ethyl adjacent to an activating group) is 1. The molecule has 0 amide bonds. The van der Waals surface area contributed by atoms with E-state index < -0.39 is 5.82 Å². The van der Waals surface area contributed by atoms with Crippen molar-refractivity contribution < 1.29 is 8.78 Å². The monoisotopic (exact) mass is 283 g/mol. The van der Waals surface area contributed by atoms with E-state index in [4.69, 9.17) is 5.73 Å². The van der Waals surface area contributed by atoms with Gasteiger partial charge in [0.25, 0.3) is 0 Å². The summed E-state index contributed by atoms with van der Waals surface area (Å²) in [5, 5.41) is 0. The molecule has 1 aromatic rings. The molecule has 1 aromatic carbocycles. The Morgan fingerprint density at radius 3 is 2.60 bits per heavy atom. The average Bonchev–Trinajstić information content (AvgIpc) is 2.76. The fraction of sp³-hybridized carbons (Fsp3) is 0.600. The lowest BCUT2D eigenvalue weighted by molar-refractivity contribution is 0.216. The molecule has 20 heavy (non-hydrogen) atoms. The van der Waals surface area contributed by atoms with Gasteiger partial charge in [-0.05, 0) is 38.2 Å². The summed E-state index contributed by atoms with van der Waals surface area (Å²) >= 11 is 0. The zero-order valence-corrected chi connectivity index (χ0v) is 12.3. The SMILES string of the molecule is CC1CN(C(CN)c2cc(F)ccc2F)CC1N(C)C. The maximum atomic E-state index is 14.0. The summed E-state index contributed by atoms with van der Waals surface area (Å²) in [6.07, 6.45) is 0. The van der Waals surface area contributed by atoms with Crippen molar-refractivity contribution in [1.29, 1.82) is 0 Å². The van der Waals surface area contributed by atoms with Gasteiger partial charge in [-0.2, -0.15) is 0 Å². The van der Waals surface area contributed by atoms with E-state index in [1.54, 1.807) is 0 Å². The zero-order valence-electron chi connectivity index (χ0n) is 12.3. The van der Waals surface area contributed by atoms with Crippen LogP contribution in [-0.2, 0) is 0 Å². The fourth-order valence-electron chi connectivity index (χ4n) is 3.16. The highest BCUT2D eigenvalue weighted by atomic mass is 19.1. The molecule has 0 aromatic heterocycles. The van der Waals surface area contributed by atoms with E-state index in [0.29, 0.717) is 17.5 Å². The minimum Gasteiger partial charge on any atom is -0.329 e. The van der Waals surface area contributed by atoms with Crippen LogP contribution in [0.25, 0.3) is 0 Å². The van der Waals surface area contributed by atoms with Crippen molar-refractivity contribution in [2.24, 2.45) is 11.7 Å². The van der Waals surface area contributed by atoms with Crippen molar-refractivity contribution in [2.75, 3.05) is 33.7 Å². The van der Waals surface area contributed by atoms with Gasteiger partial charge < -0.3 is 10.6 Å². The number of rotatable bonds is 4. The second-order valence-corrected chi connectivity index (χ2v) is 5.88. The van der Waals surface area contributed by atoms with E-state index in [9.17, 15) is 8.78 Å². The van der Waals surface area contributed by atoms with Gasteiger partial charge in [0.1, 0.15) is 11.6 Å². The Kier molecular flexibility index (Phi) is 4.73. The standard InChI is InChI=1S/C15H23F2N3/c1-10-8-20(9-15(10)19(2)3)14(7-18)12-6-11(16)4-5-13(12)17/h4-6,10,14-15H,7-9,18H2,1-3H3. The van der Waals surface area contributed by atoms with Crippen molar-refractivity contribution in [2.45, 2.75) is 19.0 Å². The molecule has 112 valence electrons. The summed E-state index contributed by atoms with van der Waals surface area (Å²) in [5.74, 6) is -0.324. The molecule has 3 atom stereocenters. The molecule has 1 fully saturated rings. The molecule has 3 nitrogen and oxygen atoms in total. The Balaban J connectivity index is 2.23. The van der Waals surface area contributed by atoms with Crippen LogP contribution in [0.4, 0.5) is 8.78 Å². The van der Waals surface area contributed by atoms with Crippen molar-refractivity contribution in [1.82, 2.24) is 9.80 Å². The highest BCUT2D eigenvalue weighted by molar-refractivity contribution is 5.23. The number of hydrogen-bond donors (Lipinski definition) is 1. The summed E-state index contributed by atoms with van der Waals surface area (Å²) in [7, 11) is 4.09. The molecule has 0 aliphatic carbocycles. The van der Waals surface area contributed by atoms with Gasteiger partial charge in [-0.1, -0.05) is 6.92 Å². The van der Waals surface area contributed by atoms with E-state index in [2.05, 4.69) is 16.7 Å². The first-order valence-corrected chi connectivity index (χ1v) is 6.99. The third-order valence-electron chi connectivity index (χ3n) is 4.25. The lowest BCUT2D eigenvalue weighted by Gasteiger charge is -2.28. The second-order valence-electron chi connectivity index (χ2n) is 5.88. The molecule has 2 rings (SSSR count). The van der Waals surface area contributed by atoms with Crippen LogP contribution in [0.5, 0.6) is 0 Å². The number of benzene rings is 1. The molecule has 3 unspecified atom stereocenters. The molecule has 0 bridgehead atoms. The Morgan fingerprint density at radius 2 is 2.05 bits per heavy atom. The third kappa shape index (κ3) is 3.00. The first-order chi connectivity index (χ1) is 9.43. The van der Waals surface area contributed by atoms with Gasteiger partial charge >= 0.3 is 0 Å². The maximum absolute atomic E-state index is 14.0. The summed E-state index contributed by atoms with van der Waals surface area (Å²) in [4.78, 5) is 4.34. The van der Waals surface area contributed by atoms with Gasteiger partial charge in [0.15, 0.2) is 0 Å². The molecule has 0 saturated carbocycles. The molecular weight excluding hydrogens is 260 g/mol. The molecule has 0 radical (unpaired) electrons. The van der Waals surface area contributed by atoms with E-state index in [1.807, 2.05) is 14.1 Å². The van der Waals surface area contributed by atoms with E-state index in [1.165, 1.54) is 12.1 Å². The first-order valence-electron chi connectivity index (χ1n) is 6.99. The lowest BCUT2D eigenvalue weighted by atomic mass is 10.0. The number of likely N-dealkylation sites (tertiary alicyclic amines) is 1. The van der Waals surface area contributed by atoms with Crippen molar-refractivity contribution in [3.8, 4) is 0 Å². The molecule has 1 aliphatic rings. The molecule has 2 N–H and O–H groups in total. The fourth-order valence-corrected chi connectivity index (χ4v) is 3.16. The van der Waals surface area contributed by atoms with Gasteiger partial charge in [-0.15, -0.1) is 0 Å². The number of hydrogen-bond acceptors (Lipinski definition) is 3. The van der Waals surface area contributed by atoms with Crippen LogP contribution in [0, 0.1) is 17.6 Å². The van der Waals surface area contributed by atoms with Crippen LogP contribution >= 0.6 is 0 Å². The van der Waals surface area contributed by atoms with Crippen molar-refractivity contribution in [3.63, 3.8) is 0 Å². The van der Waals surface area contributed by atoms with E-state index in [-0.39, 0.29) is 18.4 Å². The molecule has 1 saturated heterocycles. The smallest absolute Gasteiger partial charge is 0.128 e. The largest absolute Gasteiger partial charge is 0.329 e. The first kappa shape index (κ1) is 15.4. The van der Waals surface area contributed by atoms with Gasteiger partial charge in [0.2, 0.25) is 0 Å². The lowest BCUT2D eigenvalue weighted by Crippen LogP contribution is -2.37. The molecule has 5 heteroatoms. The van der Waals surface area contributed by atoms with Crippen molar-refractivity contribution in [3.05, 3.63) is 35.4 Å². The predicted molar refractivity (Wildman–Crippen MR) is 76.4 cm³/mol. The topological polar surface area (TPSA) is 32.5 Å². The van der Waals surface area contributed by atoms with Crippen LogP contribution in [0.15, 0.2) is 18.2 Å². The van der Waals surface area contributed by atoms with Gasteiger partial charge in [0.05, 0.1) is 6.04 Å². The van der Waals surface area contributed by atoms with Crippen LogP contribution in [0.1, 0.15) is 18.5 Å². The zero-order chi connectivity index (χ0) is 14.9. The summed E-state index contributed by atoms with van der Waals surface area (Å²) in [5.41, 5.74) is 6.19. The summed E-state index contributed by atoms with van der Waals surface area (Å²) in [6.45, 7) is 4.14. The van der Waals surface area contributed by atoms with Crippen LogP contribution in [-0.4, -0.2) is 49.6 Å². The third-order valence-corrected chi connectivity index (χ3v) is 4.25. The summed E-state index contributed by atoms with van der Waals surface area (Å²) < 4.78 is 27.3.